The maximum atomic E-state index is 5.19. The summed E-state index contributed by atoms with van der Waals surface area (Å²) in [5.74, 6) is 1.42. The van der Waals surface area contributed by atoms with E-state index in [-0.39, 0.29) is 0 Å². The SMILES string of the molecule is C1=CC(c2nc(-c3ccccc3)cc(-c3cc(-c4ccccc4)cc(-c4cc(-c5ccccc5)nc(-c5ccccc5)n4)c3)n2)=CCC1. The Balaban J connectivity index is 1.35. The summed E-state index contributed by atoms with van der Waals surface area (Å²) in [6.07, 6.45) is 8.59. The number of aromatic nitrogens is 4. The summed E-state index contributed by atoms with van der Waals surface area (Å²) in [6.45, 7) is 0. The van der Waals surface area contributed by atoms with Gasteiger partial charge in [-0.05, 0) is 54.3 Å². The fraction of sp³-hybridized carbons (Fsp3) is 0.0455. The predicted molar refractivity (Wildman–Crippen MR) is 197 cm³/mol. The Morgan fingerprint density at radius 2 is 0.750 bits per heavy atom. The first-order chi connectivity index (χ1) is 23.8. The van der Waals surface area contributed by atoms with Gasteiger partial charge in [-0.1, -0.05) is 140 Å². The van der Waals surface area contributed by atoms with Gasteiger partial charge in [0.15, 0.2) is 11.6 Å². The van der Waals surface area contributed by atoms with Gasteiger partial charge in [-0.25, -0.2) is 19.9 Å². The topological polar surface area (TPSA) is 51.6 Å². The van der Waals surface area contributed by atoms with E-state index in [1.54, 1.807) is 0 Å². The third kappa shape index (κ3) is 6.24. The number of hydrogen-bond acceptors (Lipinski definition) is 4. The number of hydrogen-bond donors (Lipinski definition) is 0. The van der Waals surface area contributed by atoms with Gasteiger partial charge in [-0.3, -0.25) is 0 Å². The lowest BCUT2D eigenvalue weighted by Crippen LogP contribution is -2.00. The molecule has 1 aliphatic carbocycles. The Hall–Kier alpha value is -6.26. The van der Waals surface area contributed by atoms with Crippen LogP contribution in [0, 0.1) is 0 Å². The van der Waals surface area contributed by atoms with Crippen molar-refractivity contribution in [1.82, 2.24) is 19.9 Å². The van der Waals surface area contributed by atoms with Crippen LogP contribution in [0.3, 0.4) is 0 Å². The highest BCUT2D eigenvalue weighted by Gasteiger charge is 2.16. The zero-order valence-electron chi connectivity index (χ0n) is 26.4. The van der Waals surface area contributed by atoms with Crippen LogP contribution in [0.5, 0.6) is 0 Å². The van der Waals surface area contributed by atoms with Crippen molar-refractivity contribution in [2.45, 2.75) is 12.8 Å². The van der Waals surface area contributed by atoms with E-state index in [4.69, 9.17) is 19.9 Å². The molecule has 0 saturated heterocycles. The van der Waals surface area contributed by atoms with Crippen molar-refractivity contribution in [3.05, 3.63) is 176 Å². The van der Waals surface area contributed by atoms with Crippen LogP contribution >= 0.6 is 0 Å². The number of rotatable bonds is 7. The highest BCUT2D eigenvalue weighted by molar-refractivity contribution is 5.83. The van der Waals surface area contributed by atoms with Crippen LogP contribution in [-0.4, -0.2) is 19.9 Å². The Bertz CT molecular complexity index is 2200. The van der Waals surface area contributed by atoms with Crippen LogP contribution in [0.2, 0.25) is 0 Å². The molecule has 7 aromatic rings. The summed E-state index contributed by atoms with van der Waals surface area (Å²) in [6, 6.07) is 52.1. The van der Waals surface area contributed by atoms with Crippen molar-refractivity contribution < 1.29 is 0 Å². The average molecular weight is 617 g/mol. The van der Waals surface area contributed by atoms with Crippen LogP contribution in [0.15, 0.2) is 170 Å². The van der Waals surface area contributed by atoms with Gasteiger partial charge in [-0.15, -0.1) is 0 Å². The zero-order valence-corrected chi connectivity index (χ0v) is 26.4. The molecule has 0 aliphatic heterocycles. The molecule has 2 heterocycles. The molecule has 0 fully saturated rings. The van der Waals surface area contributed by atoms with Gasteiger partial charge in [0.1, 0.15) is 0 Å². The van der Waals surface area contributed by atoms with Crippen LogP contribution in [-0.2, 0) is 0 Å². The molecule has 0 atom stereocenters. The summed E-state index contributed by atoms with van der Waals surface area (Å²) < 4.78 is 0. The Morgan fingerprint density at radius 1 is 0.333 bits per heavy atom. The molecule has 8 rings (SSSR count). The van der Waals surface area contributed by atoms with E-state index in [0.717, 1.165) is 86.0 Å². The van der Waals surface area contributed by atoms with E-state index in [1.165, 1.54) is 0 Å². The van der Waals surface area contributed by atoms with Crippen LogP contribution in [0.25, 0.3) is 73.1 Å². The molecule has 1 aliphatic rings. The molecule has 0 amide bonds. The van der Waals surface area contributed by atoms with E-state index >= 15 is 0 Å². The minimum atomic E-state index is 0.685. The van der Waals surface area contributed by atoms with Gasteiger partial charge >= 0.3 is 0 Å². The van der Waals surface area contributed by atoms with Crippen LogP contribution in [0.1, 0.15) is 18.7 Å². The molecule has 228 valence electrons. The molecule has 0 radical (unpaired) electrons. The van der Waals surface area contributed by atoms with Crippen molar-refractivity contribution in [2.75, 3.05) is 0 Å². The van der Waals surface area contributed by atoms with Gasteiger partial charge in [0, 0.05) is 33.4 Å². The van der Waals surface area contributed by atoms with E-state index in [0.29, 0.717) is 5.82 Å². The maximum absolute atomic E-state index is 5.19. The fourth-order valence-electron chi connectivity index (χ4n) is 6.05. The van der Waals surface area contributed by atoms with Crippen molar-refractivity contribution >= 4 is 5.57 Å². The molecule has 0 N–H and O–H groups in total. The number of benzene rings is 5. The average Bonchev–Trinajstić information content (AvgIpc) is 3.19. The summed E-state index contributed by atoms with van der Waals surface area (Å²) in [4.78, 5) is 20.4. The van der Waals surface area contributed by atoms with Crippen molar-refractivity contribution in [3.8, 4) is 67.5 Å². The molecule has 2 aromatic heterocycles. The van der Waals surface area contributed by atoms with Crippen molar-refractivity contribution in [3.63, 3.8) is 0 Å². The smallest absolute Gasteiger partial charge is 0.160 e. The first-order valence-electron chi connectivity index (χ1n) is 16.3. The summed E-state index contributed by atoms with van der Waals surface area (Å²) in [7, 11) is 0. The number of nitrogens with zero attached hydrogens (tertiary/aromatic N) is 4. The summed E-state index contributed by atoms with van der Waals surface area (Å²) in [5.41, 5.74) is 11.8. The molecule has 0 bridgehead atoms. The molecule has 4 heteroatoms. The predicted octanol–water partition coefficient (Wildman–Crippen LogP) is 11.0. The second-order valence-corrected chi connectivity index (χ2v) is 11.8. The van der Waals surface area contributed by atoms with Gasteiger partial charge in [-0.2, -0.15) is 0 Å². The molecule has 5 aromatic carbocycles. The summed E-state index contributed by atoms with van der Waals surface area (Å²) in [5, 5.41) is 0. The highest BCUT2D eigenvalue weighted by Crippen LogP contribution is 2.35. The third-order valence-corrected chi connectivity index (χ3v) is 8.51. The van der Waals surface area contributed by atoms with Gasteiger partial charge in [0.05, 0.1) is 22.8 Å². The molecule has 4 nitrogen and oxygen atoms in total. The monoisotopic (exact) mass is 616 g/mol. The second kappa shape index (κ2) is 13.2. The van der Waals surface area contributed by atoms with Crippen LogP contribution < -0.4 is 0 Å². The molecule has 0 unspecified atom stereocenters. The van der Waals surface area contributed by atoms with E-state index in [2.05, 4.69) is 121 Å². The van der Waals surface area contributed by atoms with Crippen molar-refractivity contribution in [2.24, 2.45) is 0 Å². The highest BCUT2D eigenvalue weighted by atomic mass is 14.9. The van der Waals surface area contributed by atoms with E-state index in [9.17, 15) is 0 Å². The lowest BCUT2D eigenvalue weighted by atomic mass is 9.95. The maximum Gasteiger partial charge on any atom is 0.160 e. The van der Waals surface area contributed by atoms with E-state index < -0.39 is 0 Å². The fourth-order valence-corrected chi connectivity index (χ4v) is 6.05. The number of allylic oxidation sites excluding steroid dienone is 4. The molecule has 48 heavy (non-hydrogen) atoms. The Labute approximate surface area is 280 Å². The summed E-state index contributed by atoms with van der Waals surface area (Å²) >= 11 is 0. The molecular formula is C44H32N4. The van der Waals surface area contributed by atoms with E-state index in [1.807, 2.05) is 48.5 Å². The normalized spacial score (nSPS) is 12.5. The molecule has 0 saturated carbocycles. The Kier molecular flexibility index (Phi) is 8.04. The van der Waals surface area contributed by atoms with Gasteiger partial charge in [0.2, 0.25) is 0 Å². The third-order valence-electron chi connectivity index (χ3n) is 8.51. The lowest BCUT2D eigenvalue weighted by Gasteiger charge is -2.15. The minimum Gasteiger partial charge on any atom is -0.228 e. The van der Waals surface area contributed by atoms with Gasteiger partial charge in [0.25, 0.3) is 0 Å². The first-order valence-corrected chi connectivity index (χ1v) is 16.3. The minimum absolute atomic E-state index is 0.685. The molecular weight excluding hydrogens is 585 g/mol. The first kappa shape index (κ1) is 29.2. The standard InChI is InChI=1S/C44H32N4/c1-6-16-31(17-7-1)36-26-37(41-29-39(32-18-8-2-9-19-32)45-43(47-41)34-22-12-4-13-23-34)28-38(27-36)42-30-40(33-20-10-3-11-21-33)46-44(48-42)35-24-14-5-15-25-35/h1-4,6-14,16-30H,5,15H2. The quantitative estimate of drug-likeness (QED) is 0.179. The van der Waals surface area contributed by atoms with Crippen LogP contribution in [0.4, 0.5) is 0 Å². The zero-order chi connectivity index (χ0) is 32.1. The Morgan fingerprint density at radius 3 is 1.23 bits per heavy atom. The molecule has 0 spiro atoms. The second-order valence-electron chi connectivity index (χ2n) is 11.8. The largest absolute Gasteiger partial charge is 0.228 e. The lowest BCUT2D eigenvalue weighted by molar-refractivity contribution is 1.03. The van der Waals surface area contributed by atoms with Crippen molar-refractivity contribution in [1.29, 1.82) is 0 Å². The van der Waals surface area contributed by atoms with Gasteiger partial charge < -0.3 is 0 Å².